The quantitative estimate of drug-likeness (QED) is 0.181. The first-order valence-corrected chi connectivity index (χ1v) is 11.9. The van der Waals surface area contributed by atoms with Gasteiger partial charge in [0, 0.05) is 16.7 Å². The van der Waals surface area contributed by atoms with E-state index in [1.54, 1.807) is 24.3 Å². The first-order valence-electron chi connectivity index (χ1n) is 11.9. The second-order valence-corrected chi connectivity index (χ2v) is 8.42. The predicted molar refractivity (Wildman–Crippen MR) is 134 cm³/mol. The molecular formula is C30H25FO6. The number of ether oxygens (including phenoxy) is 6. The van der Waals surface area contributed by atoms with Crippen LogP contribution in [0.25, 0.3) is 0 Å². The topological polar surface area (TPSA) is 62.0 Å². The van der Waals surface area contributed by atoms with Crippen molar-refractivity contribution in [2.24, 2.45) is 0 Å². The van der Waals surface area contributed by atoms with Crippen LogP contribution in [0.5, 0.6) is 11.5 Å². The Morgan fingerprint density at radius 2 is 1.11 bits per heavy atom. The Hall–Kier alpha value is -3.85. The Bertz CT molecular complexity index is 1310. The van der Waals surface area contributed by atoms with Gasteiger partial charge in [0.15, 0.2) is 13.6 Å². The number of hydrogen-bond acceptors (Lipinski definition) is 6. The van der Waals surface area contributed by atoms with Gasteiger partial charge in [-0.1, -0.05) is 23.7 Å². The van der Waals surface area contributed by atoms with E-state index < -0.39 is 5.82 Å². The summed E-state index contributed by atoms with van der Waals surface area (Å²) in [4.78, 5) is 0. The van der Waals surface area contributed by atoms with Gasteiger partial charge in [0.25, 0.3) is 0 Å². The predicted octanol–water partition coefficient (Wildman–Crippen LogP) is 4.13. The summed E-state index contributed by atoms with van der Waals surface area (Å²) in [6.07, 6.45) is 0.420. The minimum Gasteiger partial charge on any atom is -0.468 e. The minimum atomic E-state index is -0.420. The van der Waals surface area contributed by atoms with Gasteiger partial charge in [0.2, 0.25) is 0 Å². The van der Waals surface area contributed by atoms with Crippen LogP contribution in [0.4, 0.5) is 4.39 Å². The lowest BCUT2D eigenvalue weighted by molar-refractivity contribution is 0.00809. The molecule has 3 aromatic rings. The minimum absolute atomic E-state index is 0.164. The summed E-state index contributed by atoms with van der Waals surface area (Å²) < 4.78 is 46.5. The normalized spacial score (nSPS) is 17.1. The van der Waals surface area contributed by atoms with Gasteiger partial charge in [-0.15, -0.1) is 0 Å². The molecule has 37 heavy (non-hydrogen) atoms. The van der Waals surface area contributed by atoms with Crippen molar-refractivity contribution < 1.29 is 32.8 Å². The summed E-state index contributed by atoms with van der Waals surface area (Å²) in [6, 6.07) is 19.3. The van der Waals surface area contributed by atoms with E-state index >= 15 is 0 Å². The second kappa shape index (κ2) is 12.4. The molecule has 2 aliphatic heterocycles. The van der Waals surface area contributed by atoms with E-state index in [0.717, 1.165) is 24.3 Å². The molecule has 0 aromatic heterocycles. The molecule has 2 fully saturated rings. The van der Waals surface area contributed by atoms with Crippen LogP contribution in [0.2, 0.25) is 0 Å². The van der Waals surface area contributed by atoms with Gasteiger partial charge in [-0.05, 0) is 66.7 Å². The molecule has 0 amide bonds. The van der Waals surface area contributed by atoms with Crippen LogP contribution in [0.15, 0.2) is 66.7 Å². The van der Waals surface area contributed by atoms with Gasteiger partial charge >= 0.3 is 0 Å². The maximum atomic E-state index is 14.6. The molecular weight excluding hydrogens is 475 g/mol. The third kappa shape index (κ3) is 8.35. The molecule has 7 heteroatoms. The third-order valence-corrected chi connectivity index (χ3v) is 5.40. The van der Waals surface area contributed by atoms with Gasteiger partial charge in [0.05, 0.1) is 32.0 Å². The third-order valence-electron chi connectivity index (χ3n) is 5.40. The molecule has 0 spiro atoms. The molecule has 2 atom stereocenters. The number of halogens is 1. The average Bonchev–Trinajstić information content (AvgIpc) is 3.85. The Balaban J connectivity index is 1.11. The summed E-state index contributed by atoms with van der Waals surface area (Å²) in [6.45, 7) is 2.92. The fourth-order valence-corrected chi connectivity index (χ4v) is 3.15. The lowest BCUT2D eigenvalue weighted by atomic mass is 10.1. The number of rotatable bonds is 10. The molecule has 0 radical (unpaired) electrons. The highest BCUT2D eigenvalue weighted by Crippen LogP contribution is 2.15. The highest BCUT2D eigenvalue weighted by atomic mass is 19.1. The zero-order valence-corrected chi connectivity index (χ0v) is 20.1. The zero-order valence-electron chi connectivity index (χ0n) is 20.1. The molecule has 2 aliphatic rings. The standard InChI is InChI=1S/C30H25FO6/c31-30-15-24(2-1-22-5-11-26(12-6-22)36-20-32-16-28-18-34-28)4-10-25(30)9-3-23-7-13-27(14-8-23)37-21-33-17-29-19-35-29/h4-8,10-15,28-29H,16-21H2. The Labute approximate surface area is 215 Å². The average molecular weight is 501 g/mol. The van der Waals surface area contributed by atoms with Crippen molar-refractivity contribution in [3.63, 3.8) is 0 Å². The highest BCUT2D eigenvalue weighted by Gasteiger charge is 2.22. The van der Waals surface area contributed by atoms with Crippen LogP contribution in [0.1, 0.15) is 22.3 Å². The maximum Gasteiger partial charge on any atom is 0.189 e. The molecule has 2 saturated heterocycles. The molecule has 0 aliphatic carbocycles. The van der Waals surface area contributed by atoms with E-state index in [-0.39, 0.29) is 25.8 Å². The molecule has 2 heterocycles. The first-order chi connectivity index (χ1) is 18.2. The summed E-state index contributed by atoms with van der Waals surface area (Å²) in [5.74, 6) is 12.8. The van der Waals surface area contributed by atoms with E-state index in [1.165, 1.54) is 6.07 Å². The lowest BCUT2D eigenvalue weighted by Gasteiger charge is -2.06. The monoisotopic (exact) mass is 500 g/mol. The molecule has 0 bridgehead atoms. The SMILES string of the molecule is Fc1cc(C#Cc2ccc(OCOCC3CO3)cc2)ccc1C#Cc1ccc(OCOCC2CO2)cc1. The van der Waals surface area contributed by atoms with Gasteiger partial charge < -0.3 is 28.4 Å². The van der Waals surface area contributed by atoms with Crippen molar-refractivity contribution in [2.45, 2.75) is 12.2 Å². The number of benzene rings is 3. The fraction of sp³-hybridized carbons (Fsp3) is 0.267. The molecule has 5 rings (SSSR count). The van der Waals surface area contributed by atoms with Crippen molar-refractivity contribution in [3.05, 3.63) is 94.8 Å². The molecule has 2 unspecified atom stereocenters. The maximum absolute atomic E-state index is 14.6. The van der Waals surface area contributed by atoms with Gasteiger partial charge in [-0.3, -0.25) is 0 Å². The fourth-order valence-electron chi connectivity index (χ4n) is 3.15. The van der Waals surface area contributed by atoms with Crippen molar-refractivity contribution in [2.75, 3.05) is 40.0 Å². The van der Waals surface area contributed by atoms with Gasteiger partial charge in [-0.25, -0.2) is 4.39 Å². The number of epoxide rings is 2. The summed E-state index contributed by atoms with van der Waals surface area (Å²) in [7, 11) is 0. The van der Waals surface area contributed by atoms with E-state index in [2.05, 4.69) is 23.7 Å². The van der Waals surface area contributed by atoms with Crippen LogP contribution in [0, 0.1) is 29.5 Å². The van der Waals surface area contributed by atoms with E-state index in [9.17, 15) is 4.39 Å². The Morgan fingerprint density at radius 1 is 0.649 bits per heavy atom. The first kappa shape index (κ1) is 24.8. The van der Waals surface area contributed by atoms with Crippen LogP contribution >= 0.6 is 0 Å². The van der Waals surface area contributed by atoms with Gasteiger partial charge in [0.1, 0.15) is 29.5 Å². The number of hydrogen-bond donors (Lipinski definition) is 0. The van der Waals surface area contributed by atoms with E-state index in [1.807, 2.05) is 36.4 Å². The lowest BCUT2D eigenvalue weighted by Crippen LogP contribution is -2.07. The van der Waals surface area contributed by atoms with Crippen LogP contribution in [-0.2, 0) is 18.9 Å². The largest absolute Gasteiger partial charge is 0.468 e. The highest BCUT2D eigenvalue weighted by molar-refractivity contribution is 5.49. The van der Waals surface area contributed by atoms with Crippen molar-refractivity contribution in [1.29, 1.82) is 0 Å². The van der Waals surface area contributed by atoms with Crippen molar-refractivity contribution in [3.8, 4) is 35.2 Å². The van der Waals surface area contributed by atoms with E-state index in [0.29, 0.717) is 35.8 Å². The van der Waals surface area contributed by atoms with E-state index in [4.69, 9.17) is 28.4 Å². The second-order valence-electron chi connectivity index (χ2n) is 8.42. The molecule has 3 aromatic carbocycles. The van der Waals surface area contributed by atoms with Crippen LogP contribution < -0.4 is 9.47 Å². The van der Waals surface area contributed by atoms with Crippen molar-refractivity contribution >= 4 is 0 Å². The summed E-state index contributed by atoms with van der Waals surface area (Å²) in [5, 5.41) is 0. The molecule has 188 valence electrons. The molecule has 6 nitrogen and oxygen atoms in total. The summed E-state index contributed by atoms with van der Waals surface area (Å²) in [5.41, 5.74) is 2.41. The smallest absolute Gasteiger partial charge is 0.189 e. The Kier molecular flexibility index (Phi) is 8.32. The zero-order chi connectivity index (χ0) is 25.3. The Morgan fingerprint density at radius 3 is 1.59 bits per heavy atom. The van der Waals surface area contributed by atoms with Gasteiger partial charge in [-0.2, -0.15) is 0 Å². The summed E-state index contributed by atoms with van der Waals surface area (Å²) >= 11 is 0. The van der Waals surface area contributed by atoms with Crippen LogP contribution in [0.3, 0.4) is 0 Å². The van der Waals surface area contributed by atoms with Crippen LogP contribution in [-0.4, -0.2) is 52.2 Å². The van der Waals surface area contributed by atoms with Crippen molar-refractivity contribution in [1.82, 2.24) is 0 Å². The molecule has 0 saturated carbocycles. The molecule has 0 N–H and O–H groups in total.